The summed E-state index contributed by atoms with van der Waals surface area (Å²) in [5, 5.41) is 2.86. The molecule has 2 aromatic carbocycles. The maximum absolute atomic E-state index is 12.5. The summed E-state index contributed by atoms with van der Waals surface area (Å²) in [4.78, 5) is 51.8. The number of benzene rings is 2. The summed E-state index contributed by atoms with van der Waals surface area (Å²) in [6.45, 7) is 8.29. The second kappa shape index (κ2) is 15.7. The number of aromatic amines is 1. The minimum absolute atomic E-state index is 0.0151. The number of H-pyrrole nitrogens is 1. The Morgan fingerprint density at radius 3 is 2.30 bits per heavy atom. The second-order valence-electron chi connectivity index (χ2n) is 9.62. The molecule has 6 aromatic rings. The molecule has 6 rings (SSSR count). The summed E-state index contributed by atoms with van der Waals surface area (Å²) >= 11 is 0. The number of carbonyl (C=O) groups is 2. The number of nitrogens with zero attached hydrogens (tertiary/aromatic N) is 4. The molecule has 1 amide bonds. The average Bonchev–Trinajstić information content (AvgIpc) is 3.48. The molecule has 4 aromatic heterocycles. The first-order valence-electron chi connectivity index (χ1n) is 15.2. The lowest BCUT2D eigenvalue weighted by molar-refractivity contribution is -0.120. The number of amides is 1. The van der Waals surface area contributed by atoms with E-state index in [0.29, 0.717) is 46.9 Å². The zero-order chi connectivity index (χ0) is 33.1. The van der Waals surface area contributed by atoms with E-state index < -0.39 is 5.56 Å². The van der Waals surface area contributed by atoms with Crippen LogP contribution in [-0.2, 0) is 17.8 Å². The molecule has 4 N–H and O–H groups in total. The van der Waals surface area contributed by atoms with Crippen LogP contribution in [0.3, 0.4) is 0 Å². The van der Waals surface area contributed by atoms with Crippen molar-refractivity contribution < 1.29 is 9.59 Å². The number of hydrogen-bond donors (Lipinski definition) is 3. The number of aldehydes is 1. The highest BCUT2D eigenvalue weighted by atomic mass is 16.2. The molecule has 0 saturated carbocycles. The minimum atomic E-state index is -0.518. The molecule has 0 fully saturated rings. The molecule has 0 saturated heterocycles. The van der Waals surface area contributed by atoms with Gasteiger partial charge in [-0.05, 0) is 54.1 Å². The molecular weight excluding hydrogens is 578 g/mol. The molecule has 0 unspecified atom stereocenters. The highest BCUT2D eigenvalue weighted by Gasteiger charge is 2.19. The Morgan fingerprint density at radius 1 is 0.891 bits per heavy atom. The maximum Gasteiger partial charge on any atom is 0.258 e. The first kappa shape index (κ1) is 33.0. The van der Waals surface area contributed by atoms with Crippen molar-refractivity contribution in [2.24, 2.45) is 0 Å². The zero-order valence-corrected chi connectivity index (χ0v) is 26.3. The lowest BCUT2D eigenvalue weighted by Crippen LogP contribution is -2.26. The van der Waals surface area contributed by atoms with Crippen LogP contribution in [0, 0.1) is 0 Å². The van der Waals surface area contributed by atoms with Gasteiger partial charge in [-0.25, -0.2) is 15.0 Å². The quantitative estimate of drug-likeness (QED) is 0.174. The van der Waals surface area contributed by atoms with E-state index in [1.807, 2.05) is 111 Å². The molecule has 0 atom stereocenters. The summed E-state index contributed by atoms with van der Waals surface area (Å²) in [6, 6.07) is 28.2. The van der Waals surface area contributed by atoms with Gasteiger partial charge in [-0.1, -0.05) is 70.2 Å². The first-order valence-corrected chi connectivity index (χ1v) is 15.2. The summed E-state index contributed by atoms with van der Waals surface area (Å²) in [6.07, 6.45) is 2.10. The SMILES string of the molecule is CC.CC.Nc1ncccc1-c1nc2ccc(-c3ccccc3)nc2n1-c1ccc(CNC(=O)Cc2ccc(C=O)c(=O)[nH]2)cc1. The van der Waals surface area contributed by atoms with Gasteiger partial charge in [0.2, 0.25) is 5.91 Å². The van der Waals surface area contributed by atoms with E-state index in [1.54, 1.807) is 12.3 Å². The number of pyridine rings is 3. The molecule has 0 aliphatic heterocycles. The smallest absolute Gasteiger partial charge is 0.258 e. The van der Waals surface area contributed by atoms with Crippen molar-refractivity contribution in [2.45, 2.75) is 40.7 Å². The monoisotopic (exact) mass is 615 g/mol. The Bertz CT molecular complexity index is 1980. The number of anilines is 1. The maximum atomic E-state index is 12.5. The van der Waals surface area contributed by atoms with Gasteiger partial charge in [0.1, 0.15) is 11.3 Å². The molecule has 0 aliphatic rings. The Balaban J connectivity index is 0.00000116. The Hall–Kier alpha value is -5.90. The van der Waals surface area contributed by atoms with E-state index in [-0.39, 0.29) is 17.9 Å². The molecule has 0 bridgehead atoms. The molecule has 10 nitrogen and oxygen atoms in total. The van der Waals surface area contributed by atoms with Crippen LogP contribution in [0.4, 0.5) is 5.82 Å². The van der Waals surface area contributed by atoms with Crippen molar-refractivity contribution in [1.82, 2.24) is 29.8 Å². The lowest BCUT2D eigenvalue weighted by Gasteiger charge is -2.12. The Labute approximate surface area is 267 Å². The second-order valence-corrected chi connectivity index (χ2v) is 9.62. The predicted molar refractivity (Wildman–Crippen MR) is 183 cm³/mol. The summed E-state index contributed by atoms with van der Waals surface area (Å²) < 4.78 is 1.96. The van der Waals surface area contributed by atoms with Crippen molar-refractivity contribution in [3.05, 3.63) is 124 Å². The largest absolute Gasteiger partial charge is 0.383 e. The Kier molecular flexibility index (Phi) is 11.3. The van der Waals surface area contributed by atoms with Gasteiger partial charge in [0.05, 0.1) is 23.2 Å². The third-order valence-corrected chi connectivity index (χ3v) is 6.82. The van der Waals surface area contributed by atoms with Crippen LogP contribution in [0.2, 0.25) is 0 Å². The summed E-state index contributed by atoms with van der Waals surface area (Å²) in [7, 11) is 0. The van der Waals surface area contributed by atoms with Crippen molar-refractivity contribution >= 4 is 29.2 Å². The fourth-order valence-electron chi connectivity index (χ4n) is 4.68. The van der Waals surface area contributed by atoms with Gasteiger partial charge in [0.25, 0.3) is 5.56 Å². The Morgan fingerprint density at radius 2 is 1.63 bits per heavy atom. The number of nitrogen functional groups attached to an aromatic ring is 1. The van der Waals surface area contributed by atoms with Crippen molar-refractivity contribution in [3.8, 4) is 28.3 Å². The van der Waals surface area contributed by atoms with E-state index >= 15 is 0 Å². The van der Waals surface area contributed by atoms with E-state index in [2.05, 4.69) is 15.3 Å². The molecule has 0 spiro atoms. The van der Waals surface area contributed by atoms with E-state index in [0.717, 1.165) is 22.5 Å². The number of nitrogens with two attached hydrogens (primary N) is 1. The molecule has 4 heterocycles. The van der Waals surface area contributed by atoms with Crippen LogP contribution in [-0.4, -0.2) is 36.7 Å². The topological polar surface area (TPSA) is 149 Å². The van der Waals surface area contributed by atoms with Crippen molar-refractivity contribution in [3.63, 3.8) is 0 Å². The van der Waals surface area contributed by atoms with Crippen LogP contribution in [0.15, 0.2) is 102 Å². The lowest BCUT2D eigenvalue weighted by atomic mass is 10.1. The molecule has 46 heavy (non-hydrogen) atoms. The van der Waals surface area contributed by atoms with Gasteiger partial charge in [0.15, 0.2) is 17.8 Å². The minimum Gasteiger partial charge on any atom is -0.383 e. The number of imidazole rings is 1. The van der Waals surface area contributed by atoms with Crippen LogP contribution in [0.5, 0.6) is 0 Å². The number of fused-ring (bicyclic) bond motifs is 1. The number of carbonyl (C=O) groups excluding carboxylic acids is 2. The number of nitrogens with one attached hydrogen (secondary N) is 2. The number of rotatable bonds is 8. The van der Waals surface area contributed by atoms with Gasteiger partial charge in [-0.2, -0.15) is 0 Å². The van der Waals surface area contributed by atoms with Gasteiger partial charge in [-0.3, -0.25) is 19.0 Å². The summed E-state index contributed by atoms with van der Waals surface area (Å²) in [5.41, 5.74) is 11.7. The van der Waals surface area contributed by atoms with Crippen molar-refractivity contribution in [1.29, 1.82) is 0 Å². The highest BCUT2D eigenvalue weighted by Crippen LogP contribution is 2.31. The highest BCUT2D eigenvalue weighted by molar-refractivity contribution is 5.84. The standard InChI is InChI=1S/C32H25N7O3.2C2H6/c33-29-25(7-4-16-34-29)30-38-27-15-14-26(21-5-2-1-3-6-21)37-31(27)39(30)24-12-8-20(9-13-24)18-35-28(41)17-23-11-10-22(19-40)32(42)36-23;2*1-2/h1-16,19H,17-18H2,(H2,33,34)(H,35,41)(H,36,42);2*1-2H3. The predicted octanol–water partition coefficient (Wildman–Crippen LogP) is 6.14. The van der Waals surface area contributed by atoms with E-state index in [1.165, 1.54) is 6.07 Å². The van der Waals surface area contributed by atoms with Gasteiger partial charge < -0.3 is 16.0 Å². The molecular formula is C36H37N7O3. The number of hydrogen-bond acceptors (Lipinski definition) is 7. The third kappa shape index (κ3) is 7.41. The van der Waals surface area contributed by atoms with Crippen LogP contribution in [0.1, 0.15) is 49.3 Å². The van der Waals surface area contributed by atoms with E-state index in [4.69, 9.17) is 15.7 Å². The van der Waals surface area contributed by atoms with Gasteiger partial charge >= 0.3 is 0 Å². The first-order chi connectivity index (χ1) is 22.5. The fourth-order valence-corrected chi connectivity index (χ4v) is 4.68. The normalized spacial score (nSPS) is 10.3. The van der Waals surface area contributed by atoms with Gasteiger partial charge in [0, 0.05) is 29.7 Å². The molecule has 0 aliphatic carbocycles. The zero-order valence-electron chi connectivity index (χ0n) is 26.3. The van der Waals surface area contributed by atoms with Crippen LogP contribution >= 0.6 is 0 Å². The molecule has 10 heteroatoms. The number of aromatic nitrogens is 5. The fraction of sp³-hybridized carbons (Fsp3) is 0.167. The van der Waals surface area contributed by atoms with Crippen molar-refractivity contribution in [2.75, 3.05) is 5.73 Å². The molecule has 234 valence electrons. The summed E-state index contributed by atoms with van der Waals surface area (Å²) in [5.74, 6) is 0.712. The van der Waals surface area contributed by atoms with Gasteiger partial charge in [-0.15, -0.1) is 0 Å². The third-order valence-electron chi connectivity index (χ3n) is 6.82. The van der Waals surface area contributed by atoms with Crippen LogP contribution in [0.25, 0.3) is 39.5 Å². The average molecular weight is 616 g/mol. The van der Waals surface area contributed by atoms with E-state index in [9.17, 15) is 14.4 Å². The van der Waals surface area contributed by atoms with Crippen LogP contribution < -0.4 is 16.6 Å². The molecule has 0 radical (unpaired) electrons.